The van der Waals surface area contributed by atoms with Crippen molar-refractivity contribution in [1.82, 2.24) is 9.55 Å². The Labute approximate surface area is 160 Å². The van der Waals surface area contributed by atoms with Crippen molar-refractivity contribution in [3.63, 3.8) is 0 Å². The molecule has 152 valence electrons. The van der Waals surface area contributed by atoms with Gasteiger partial charge in [0.15, 0.2) is 12.0 Å². The van der Waals surface area contributed by atoms with E-state index in [4.69, 9.17) is 24.2 Å². The number of fused-ring (bicyclic) bond motifs is 1. The third-order valence-electron chi connectivity index (χ3n) is 4.50. The van der Waals surface area contributed by atoms with Gasteiger partial charge in [-0.2, -0.15) is 5.26 Å². The van der Waals surface area contributed by atoms with Crippen LogP contribution < -0.4 is 5.69 Å². The molecule has 3 heterocycles. The number of esters is 2. The van der Waals surface area contributed by atoms with E-state index < -0.39 is 48.0 Å². The summed E-state index contributed by atoms with van der Waals surface area (Å²) >= 11 is 0. The molecular formula is C17H21N3O8. The predicted octanol–water partition coefficient (Wildman–Crippen LogP) is 0.00968. The zero-order chi connectivity index (χ0) is 20.6. The molecule has 2 aliphatic rings. The van der Waals surface area contributed by atoms with Crippen molar-refractivity contribution in [2.24, 2.45) is 0 Å². The lowest BCUT2D eigenvalue weighted by Gasteiger charge is -2.24. The van der Waals surface area contributed by atoms with Crippen molar-refractivity contribution in [1.29, 1.82) is 5.26 Å². The van der Waals surface area contributed by atoms with Crippen molar-refractivity contribution in [2.45, 2.75) is 57.5 Å². The Hall–Kier alpha value is -2.68. The molecule has 0 aliphatic carbocycles. The number of ether oxygens (including phenoxy) is 5. The van der Waals surface area contributed by atoms with Crippen LogP contribution in [0.25, 0.3) is 0 Å². The molecular weight excluding hydrogens is 374 g/mol. The van der Waals surface area contributed by atoms with E-state index >= 15 is 0 Å². The molecule has 0 bridgehead atoms. The van der Waals surface area contributed by atoms with Crippen LogP contribution in [0.3, 0.4) is 0 Å². The third-order valence-corrected chi connectivity index (χ3v) is 4.50. The average molecular weight is 395 g/mol. The Morgan fingerprint density at radius 3 is 2.61 bits per heavy atom. The van der Waals surface area contributed by atoms with Gasteiger partial charge in [-0.1, -0.05) is 0 Å². The van der Waals surface area contributed by atoms with Gasteiger partial charge in [-0.3, -0.25) is 14.3 Å². The third kappa shape index (κ3) is 3.54. The fraction of sp³-hybridized carbons (Fsp3) is 0.647. The predicted molar refractivity (Wildman–Crippen MR) is 90.1 cm³/mol. The molecule has 2 aliphatic heterocycles. The number of nitrogens with zero attached hydrogens (tertiary/aromatic N) is 2. The minimum atomic E-state index is -0.988. The average Bonchev–Trinajstić information content (AvgIpc) is 3.21. The summed E-state index contributed by atoms with van der Waals surface area (Å²) in [7, 11) is 1.17. The van der Waals surface area contributed by atoms with Gasteiger partial charge >= 0.3 is 17.6 Å². The number of imidazole rings is 1. The van der Waals surface area contributed by atoms with Gasteiger partial charge in [0.05, 0.1) is 25.3 Å². The minimum absolute atomic E-state index is 0.0942. The largest absolute Gasteiger partial charge is 0.464 e. The number of aromatic nitrogens is 2. The molecule has 2 fully saturated rings. The Kier molecular flexibility index (Phi) is 5.29. The van der Waals surface area contributed by atoms with E-state index in [1.165, 1.54) is 14.0 Å². The molecule has 1 aromatic rings. The van der Waals surface area contributed by atoms with Crippen molar-refractivity contribution < 1.29 is 33.3 Å². The number of hydrogen-bond donors (Lipinski definition) is 1. The van der Waals surface area contributed by atoms with Crippen LogP contribution in [0.2, 0.25) is 0 Å². The van der Waals surface area contributed by atoms with E-state index in [-0.39, 0.29) is 24.4 Å². The molecule has 11 heteroatoms. The van der Waals surface area contributed by atoms with Crippen LogP contribution in [-0.4, -0.2) is 59.3 Å². The summed E-state index contributed by atoms with van der Waals surface area (Å²) in [6, 6.07) is 1.92. The molecule has 4 atom stereocenters. The van der Waals surface area contributed by atoms with Crippen LogP contribution in [0, 0.1) is 11.3 Å². The van der Waals surface area contributed by atoms with E-state index in [2.05, 4.69) is 9.72 Å². The topological polar surface area (TPSA) is 142 Å². The van der Waals surface area contributed by atoms with E-state index in [1.54, 1.807) is 13.8 Å². The number of nitrogens with one attached hydrogen (secondary N) is 1. The second-order valence-electron chi connectivity index (χ2n) is 6.88. The van der Waals surface area contributed by atoms with Gasteiger partial charge < -0.3 is 23.7 Å². The normalized spacial score (nSPS) is 27.8. The molecule has 28 heavy (non-hydrogen) atoms. The molecule has 2 saturated heterocycles. The number of nitriles is 1. The maximum absolute atomic E-state index is 12.6. The van der Waals surface area contributed by atoms with Crippen molar-refractivity contribution >= 4 is 11.9 Å². The Morgan fingerprint density at radius 1 is 1.32 bits per heavy atom. The molecule has 0 unspecified atom stereocenters. The summed E-state index contributed by atoms with van der Waals surface area (Å²) in [5.74, 6) is -2.22. The minimum Gasteiger partial charge on any atom is -0.464 e. The Morgan fingerprint density at radius 2 is 2.00 bits per heavy atom. The number of carbonyl (C=O) groups excluding carboxylic acids is 2. The van der Waals surface area contributed by atoms with Crippen LogP contribution in [0.4, 0.5) is 0 Å². The SMILES string of the molecule is COC(=O)c1[nH]c(=O)n([C@@H]2O[C@H](COC(C)=O)[C@H]3OC(C)(C)O[C@H]32)c1CC#N. The molecule has 0 saturated carbocycles. The lowest BCUT2D eigenvalue weighted by Crippen LogP contribution is -2.34. The van der Waals surface area contributed by atoms with Crippen LogP contribution in [0.15, 0.2) is 4.79 Å². The number of H-pyrrole nitrogens is 1. The second-order valence-corrected chi connectivity index (χ2v) is 6.88. The van der Waals surface area contributed by atoms with E-state index in [1.807, 2.05) is 6.07 Å². The lowest BCUT2D eigenvalue weighted by atomic mass is 10.1. The lowest BCUT2D eigenvalue weighted by molar-refractivity contribution is -0.202. The number of aromatic amines is 1. The number of hydrogen-bond acceptors (Lipinski definition) is 9. The summed E-state index contributed by atoms with van der Waals surface area (Å²) in [6.45, 7) is 4.59. The highest BCUT2D eigenvalue weighted by atomic mass is 16.8. The first kappa shape index (κ1) is 20.1. The summed E-state index contributed by atoms with van der Waals surface area (Å²) in [4.78, 5) is 38.2. The first-order valence-electron chi connectivity index (χ1n) is 8.61. The van der Waals surface area contributed by atoms with Crippen LogP contribution in [0.1, 0.15) is 43.2 Å². The fourth-order valence-corrected chi connectivity index (χ4v) is 3.47. The summed E-state index contributed by atoms with van der Waals surface area (Å²) in [5, 5.41) is 9.16. The Bertz CT molecular complexity index is 880. The first-order valence-corrected chi connectivity index (χ1v) is 8.61. The van der Waals surface area contributed by atoms with Crippen molar-refractivity contribution in [3.8, 4) is 6.07 Å². The van der Waals surface area contributed by atoms with Gasteiger partial charge in [0.25, 0.3) is 0 Å². The zero-order valence-electron chi connectivity index (χ0n) is 15.9. The highest BCUT2D eigenvalue weighted by Gasteiger charge is 2.57. The summed E-state index contributed by atoms with van der Waals surface area (Å²) in [5.41, 5.74) is -0.670. The van der Waals surface area contributed by atoms with Gasteiger partial charge in [-0.25, -0.2) is 9.59 Å². The van der Waals surface area contributed by atoms with E-state index in [0.29, 0.717) is 0 Å². The summed E-state index contributed by atoms with van der Waals surface area (Å²) < 4.78 is 28.5. The van der Waals surface area contributed by atoms with Gasteiger partial charge in [-0.05, 0) is 13.8 Å². The smallest absolute Gasteiger partial charge is 0.356 e. The maximum atomic E-state index is 12.6. The molecule has 0 amide bonds. The molecule has 1 aromatic heterocycles. The van der Waals surface area contributed by atoms with Crippen molar-refractivity contribution in [3.05, 3.63) is 21.9 Å². The monoisotopic (exact) mass is 395 g/mol. The quantitative estimate of drug-likeness (QED) is 0.682. The van der Waals surface area contributed by atoms with Gasteiger partial charge in [0.2, 0.25) is 0 Å². The second kappa shape index (κ2) is 7.38. The molecule has 0 radical (unpaired) electrons. The van der Waals surface area contributed by atoms with Crippen LogP contribution in [0.5, 0.6) is 0 Å². The van der Waals surface area contributed by atoms with E-state index in [0.717, 1.165) is 4.57 Å². The standard InChI is InChI=1S/C17H21N3O8/c1-8(21)25-7-10-12-13(28-17(2,3)27-12)14(26-10)20-9(5-6-18)11(15(22)24-4)19-16(20)23/h10,12-14H,5,7H2,1-4H3,(H,19,23)/t10-,12-,13-,14-/m1/s1. The van der Waals surface area contributed by atoms with Gasteiger partial charge in [0, 0.05) is 6.92 Å². The molecule has 0 spiro atoms. The maximum Gasteiger partial charge on any atom is 0.356 e. The van der Waals surface area contributed by atoms with Gasteiger partial charge in [-0.15, -0.1) is 0 Å². The number of methoxy groups -OCH3 is 1. The Balaban J connectivity index is 2.01. The number of rotatable bonds is 5. The fourth-order valence-electron chi connectivity index (χ4n) is 3.47. The highest BCUT2D eigenvalue weighted by Crippen LogP contribution is 2.43. The zero-order valence-corrected chi connectivity index (χ0v) is 15.9. The summed E-state index contributed by atoms with van der Waals surface area (Å²) in [6.07, 6.45) is -3.25. The first-order chi connectivity index (χ1) is 13.2. The van der Waals surface area contributed by atoms with Crippen molar-refractivity contribution in [2.75, 3.05) is 13.7 Å². The molecule has 3 rings (SSSR count). The molecule has 1 N–H and O–H groups in total. The molecule has 0 aromatic carbocycles. The number of carbonyl (C=O) groups is 2. The highest BCUT2D eigenvalue weighted by molar-refractivity contribution is 5.88. The van der Waals surface area contributed by atoms with Crippen LogP contribution in [-0.2, 0) is 34.9 Å². The van der Waals surface area contributed by atoms with Gasteiger partial charge in [0.1, 0.15) is 30.6 Å². The van der Waals surface area contributed by atoms with E-state index in [9.17, 15) is 14.4 Å². The van der Waals surface area contributed by atoms with Crippen LogP contribution >= 0.6 is 0 Å². The molecule has 11 nitrogen and oxygen atoms in total.